The fraction of sp³-hybridized carbons (Fsp3) is 0.211. The van der Waals surface area contributed by atoms with Gasteiger partial charge in [-0.1, -0.05) is 30.3 Å². The first-order chi connectivity index (χ1) is 13.6. The van der Waals surface area contributed by atoms with Crippen molar-refractivity contribution in [2.75, 3.05) is 5.32 Å². The zero-order valence-electron chi connectivity index (χ0n) is 15.0. The molecule has 0 saturated carbocycles. The number of pyridine rings is 1. The molecule has 4 rings (SSSR count). The first-order valence-electron chi connectivity index (χ1n) is 8.78. The van der Waals surface area contributed by atoms with Crippen molar-refractivity contribution in [3.8, 4) is 5.75 Å². The molecule has 2 aromatic heterocycles. The minimum atomic E-state index is -0.907. The Bertz CT molecular complexity index is 1000. The number of fused-ring (bicyclic) bond motifs is 1. The van der Waals surface area contributed by atoms with E-state index in [4.69, 9.17) is 4.74 Å². The van der Waals surface area contributed by atoms with E-state index in [-0.39, 0.29) is 5.82 Å². The normalized spacial score (nSPS) is 18.4. The monoisotopic (exact) mass is 378 g/mol. The second-order valence-corrected chi connectivity index (χ2v) is 6.45. The number of H-pyrrole nitrogens is 1. The van der Waals surface area contributed by atoms with Gasteiger partial charge in [-0.2, -0.15) is 0 Å². The van der Waals surface area contributed by atoms with Crippen molar-refractivity contribution in [1.82, 2.24) is 25.5 Å². The number of anilines is 1. The van der Waals surface area contributed by atoms with Crippen molar-refractivity contribution in [2.45, 2.75) is 25.4 Å². The summed E-state index contributed by atoms with van der Waals surface area (Å²) in [6, 6.07) is 10.1. The lowest BCUT2D eigenvalue weighted by Crippen LogP contribution is -2.51. The van der Waals surface area contributed by atoms with Crippen LogP contribution < -0.4 is 15.4 Å². The number of rotatable bonds is 4. The van der Waals surface area contributed by atoms with Crippen LogP contribution in [0, 0.1) is 0 Å². The highest BCUT2D eigenvalue weighted by molar-refractivity contribution is 5.95. The first kappa shape index (κ1) is 17.7. The highest BCUT2D eigenvalue weighted by atomic mass is 16.5. The van der Waals surface area contributed by atoms with Gasteiger partial charge in [0, 0.05) is 12.6 Å². The first-order valence-corrected chi connectivity index (χ1v) is 8.78. The fourth-order valence-corrected chi connectivity index (χ4v) is 2.94. The summed E-state index contributed by atoms with van der Waals surface area (Å²) in [7, 11) is 0. The molecule has 0 unspecified atom stereocenters. The van der Waals surface area contributed by atoms with Crippen LogP contribution in [-0.4, -0.2) is 44.1 Å². The molecule has 3 heterocycles. The fourth-order valence-electron chi connectivity index (χ4n) is 2.94. The third kappa shape index (κ3) is 3.68. The number of nitrogens with one attached hydrogen (secondary N) is 3. The predicted octanol–water partition coefficient (Wildman–Crippen LogP) is 1.31. The van der Waals surface area contributed by atoms with E-state index in [0.717, 1.165) is 5.56 Å². The minimum absolute atomic E-state index is 0.0330. The zero-order valence-corrected chi connectivity index (χ0v) is 15.0. The van der Waals surface area contributed by atoms with Gasteiger partial charge in [0.15, 0.2) is 5.75 Å². The summed E-state index contributed by atoms with van der Waals surface area (Å²) in [6.45, 7) is 1.78. The summed E-state index contributed by atoms with van der Waals surface area (Å²) < 4.78 is 5.33. The Morgan fingerprint density at radius 3 is 2.89 bits per heavy atom. The molecule has 1 aliphatic heterocycles. The molecule has 0 fully saturated rings. The number of carbonyl (C=O) groups is 2. The SMILES string of the molecule is C[C@@H]1Nc2ccncc2OC(=O)[C@H]1NC(=O)c1n[nH]c(Cc2ccccc2)n1. The van der Waals surface area contributed by atoms with E-state index in [9.17, 15) is 9.59 Å². The molecule has 0 saturated heterocycles. The minimum Gasteiger partial charge on any atom is -0.421 e. The van der Waals surface area contributed by atoms with Gasteiger partial charge in [-0.15, -0.1) is 5.10 Å². The molecule has 9 nitrogen and oxygen atoms in total. The Kier molecular flexibility index (Phi) is 4.71. The van der Waals surface area contributed by atoms with Gasteiger partial charge in [0.25, 0.3) is 5.91 Å². The lowest BCUT2D eigenvalue weighted by Gasteiger charge is -2.20. The maximum Gasteiger partial charge on any atom is 0.336 e. The molecule has 3 N–H and O–H groups in total. The van der Waals surface area contributed by atoms with E-state index in [1.807, 2.05) is 30.3 Å². The van der Waals surface area contributed by atoms with E-state index in [0.29, 0.717) is 23.7 Å². The third-order valence-electron chi connectivity index (χ3n) is 4.37. The summed E-state index contributed by atoms with van der Waals surface area (Å²) in [5.74, 6) is -0.298. The molecule has 3 aromatic rings. The van der Waals surface area contributed by atoms with Gasteiger partial charge in [-0.05, 0) is 18.6 Å². The van der Waals surface area contributed by atoms with Crippen molar-refractivity contribution >= 4 is 17.6 Å². The van der Waals surface area contributed by atoms with Crippen LogP contribution in [0.25, 0.3) is 0 Å². The van der Waals surface area contributed by atoms with E-state index < -0.39 is 24.0 Å². The van der Waals surface area contributed by atoms with Gasteiger partial charge in [0.2, 0.25) is 5.82 Å². The van der Waals surface area contributed by atoms with E-state index in [1.165, 1.54) is 6.20 Å². The number of aromatic nitrogens is 4. The van der Waals surface area contributed by atoms with Crippen molar-refractivity contribution < 1.29 is 14.3 Å². The molecule has 1 aromatic carbocycles. The van der Waals surface area contributed by atoms with Crippen LogP contribution in [0.5, 0.6) is 5.75 Å². The quantitative estimate of drug-likeness (QED) is 0.585. The van der Waals surface area contributed by atoms with Gasteiger partial charge in [-0.3, -0.25) is 14.9 Å². The van der Waals surface area contributed by atoms with Crippen molar-refractivity contribution in [1.29, 1.82) is 0 Å². The van der Waals surface area contributed by atoms with Crippen molar-refractivity contribution in [2.24, 2.45) is 0 Å². The Balaban J connectivity index is 1.45. The summed E-state index contributed by atoms with van der Waals surface area (Å²) in [6.07, 6.45) is 3.56. The van der Waals surface area contributed by atoms with Crippen LogP contribution in [0.1, 0.15) is 28.9 Å². The maximum absolute atomic E-state index is 12.6. The Hall–Kier alpha value is -3.75. The number of hydrogen-bond acceptors (Lipinski definition) is 7. The molecule has 28 heavy (non-hydrogen) atoms. The molecule has 2 atom stereocenters. The van der Waals surface area contributed by atoms with Crippen LogP contribution in [-0.2, 0) is 11.2 Å². The van der Waals surface area contributed by atoms with E-state index in [1.54, 1.807) is 19.2 Å². The number of esters is 1. The molecular weight excluding hydrogens is 360 g/mol. The highest BCUT2D eigenvalue weighted by Crippen LogP contribution is 2.27. The molecular formula is C19H18N6O3. The average molecular weight is 378 g/mol. The van der Waals surface area contributed by atoms with Crippen LogP contribution in [0.4, 0.5) is 5.69 Å². The van der Waals surface area contributed by atoms with Gasteiger partial charge in [0.05, 0.1) is 17.9 Å². The Morgan fingerprint density at radius 1 is 1.25 bits per heavy atom. The second-order valence-electron chi connectivity index (χ2n) is 6.45. The van der Waals surface area contributed by atoms with Gasteiger partial charge < -0.3 is 15.4 Å². The molecule has 0 bridgehead atoms. The van der Waals surface area contributed by atoms with Crippen LogP contribution in [0.3, 0.4) is 0 Å². The lowest BCUT2D eigenvalue weighted by molar-refractivity contribution is -0.136. The smallest absolute Gasteiger partial charge is 0.336 e. The molecule has 1 aliphatic rings. The number of aromatic amines is 1. The predicted molar refractivity (Wildman–Crippen MR) is 99.8 cm³/mol. The highest BCUT2D eigenvalue weighted by Gasteiger charge is 2.33. The summed E-state index contributed by atoms with van der Waals surface area (Å²) >= 11 is 0. The molecule has 0 radical (unpaired) electrons. The Morgan fingerprint density at radius 2 is 2.07 bits per heavy atom. The maximum atomic E-state index is 12.6. The van der Waals surface area contributed by atoms with Gasteiger partial charge in [0.1, 0.15) is 11.9 Å². The molecule has 1 amide bonds. The summed E-state index contributed by atoms with van der Waals surface area (Å²) in [4.78, 5) is 33.2. The second kappa shape index (κ2) is 7.47. The van der Waals surface area contributed by atoms with Crippen LogP contribution in [0.2, 0.25) is 0 Å². The molecule has 0 aliphatic carbocycles. The molecule has 0 spiro atoms. The standard InChI is InChI=1S/C19H18N6O3/c1-11-16(19(27)28-14-10-20-8-7-13(14)21-11)23-18(26)17-22-15(24-25-17)9-12-5-3-2-4-6-12/h2-8,10-11,16,21H,9H2,1H3,(H,23,26)(H,22,24,25)/t11-,16-/m0/s1. The lowest BCUT2D eigenvalue weighted by atomic mass is 10.1. The summed E-state index contributed by atoms with van der Waals surface area (Å²) in [5.41, 5.74) is 1.68. The third-order valence-corrected chi connectivity index (χ3v) is 4.37. The number of hydrogen-bond donors (Lipinski definition) is 3. The largest absolute Gasteiger partial charge is 0.421 e. The number of amides is 1. The van der Waals surface area contributed by atoms with Gasteiger partial charge >= 0.3 is 5.97 Å². The zero-order chi connectivity index (χ0) is 19.5. The average Bonchev–Trinajstić information content (AvgIpc) is 3.12. The van der Waals surface area contributed by atoms with Gasteiger partial charge in [-0.25, -0.2) is 9.78 Å². The Labute approximate surface area is 160 Å². The summed E-state index contributed by atoms with van der Waals surface area (Å²) in [5, 5.41) is 12.5. The molecule has 142 valence electrons. The number of nitrogens with zero attached hydrogens (tertiary/aromatic N) is 3. The topological polar surface area (TPSA) is 122 Å². The number of benzene rings is 1. The van der Waals surface area contributed by atoms with E-state index >= 15 is 0 Å². The number of ether oxygens (including phenoxy) is 1. The van der Waals surface area contributed by atoms with E-state index in [2.05, 4.69) is 30.8 Å². The molecule has 9 heteroatoms. The van der Waals surface area contributed by atoms with Crippen molar-refractivity contribution in [3.05, 3.63) is 66.0 Å². The van der Waals surface area contributed by atoms with Crippen LogP contribution in [0.15, 0.2) is 48.8 Å². The van der Waals surface area contributed by atoms with Crippen molar-refractivity contribution in [3.63, 3.8) is 0 Å². The number of carbonyl (C=O) groups excluding carboxylic acids is 2. The van der Waals surface area contributed by atoms with Crippen LogP contribution >= 0.6 is 0 Å².